The third kappa shape index (κ3) is 0.798. The highest BCUT2D eigenvalue weighted by Crippen LogP contribution is 2.43. The van der Waals surface area contributed by atoms with Crippen LogP contribution in [-0.4, -0.2) is 25.8 Å². The summed E-state index contributed by atoms with van der Waals surface area (Å²) < 4.78 is 5.75. The maximum absolute atomic E-state index is 5.75. The van der Waals surface area contributed by atoms with E-state index in [-0.39, 0.29) is 0 Å². The molecule has 1 N–H and O–H groups in total. The number of ether oxygens (including phenoxy) is 1. The van der Waals surface area contributed by atoms with Gasteiger partial charge in [0.05, 0.1) is 12.7 Å². The molecule has 0 spiro atoms. The first-order valence-corrected chi connectivity index (χ1v) is 4.77. The average Bonchev–Trinajstić information content (AvgIpc) is 2.55. The van der Waals surface area contributed by atoms with E-state index in [2.05, 4.69) is 5.32 Å². The van der Waals surface area contributed by atoms with Gasteiger partial charge in [0.15, 0.2) is 0 Å². The molecule has 2 nitrogen and oxygen atoms in total. The van der Waals surface area contributed by atoms with Gasteiger partial charge in [-0.2, -0.15) is 0 Å². The smallest absolute Gasteiger partial charge is 0.0618 e. The first kappa shape index (κ1) is 6.44. The van der Waals surface area contributed by atoms with Crippen LogP contribution in [0.4, 0.5) is 0 Å². The van der Waals surface area contributed by atoms with Crippen LogP contribution in [0.5, 0.6) is 0 Å². The second-order valence-corrected chi connectivity index (χ2v) is 4.20. The van der Waals surface area contributed by atoms with Crippen molar-refractivity contribution in [2.45, 2.75) is 18.9 Å². The molecule has 4 atom stereocenters. The van der Waals surface area contributed by atoms with Gasteiger partial charge in [-0.25, -0.2) is 0 Å². The number of fused-ring (bicyclic) bond motifs is 2. The summed E-state index contributed by atoms with van der Waals surface area (Å²) in [5.41, 5.74) is 0. The summed E-state index contributed by atoms with van der Waals surface area (Å²) in [6.45, 7) is 3.52. The summed E-state index contributed by atoms with van der Waals surface area (Å²) in [6, 6.07) is 0. The Balaban J connectivity index is 1.89. The molecule has 3 saturated heterocycles. The minimum atomic E-state index is 0.611. The van der Waals surface area contributed by atoms with Crippen LogP contribution in [0.3, 0.4) is 0 Å². The van der Waals surface area contributed by atoms with Crippen LogP contribution in [0.2, 0.25) is 0 Å². The molecule has 0 aromatic heterocycles. The molecule has 2 heteroatoms. The van der Waals surface area contributed by atoms with Crippen molar-refractivity contribution in [3.8, 4) is 0 Å². The van der Waals surface area contributed by atoms with E-state index in [9.17, 15) is 0 Å². The fourth-order valence-electron chi connectivity index (χ4n) is 3.11. The van der Waals surface area contributed by atoms with Gasteiger partial charge < -0.3 is 10.1 Å². The Morgan fingerprint density at radius 1 is 1.09 bits per heavy atom. The van der Waals surface area contributed by atoms with E-state index in [1.54, 1.807) is 0 Å². The minimum absolute atomic E-state index is 0.611. The van der Waals surface area contributed by atoms with Crippen LogP contribution in [0.15, 0.2) is 0 Å². The van der Waals surface area contributed by atoms with Gasteiger partial charge in [-0.15, -0.1) is 0 Å². The fourth-order valence-corrected chi connectivity index (χ4v) is 3.11. The average molecular weight is 153 g/mol. The van der Waals surface area contributed by atoms with Crippen LogP contribution in [-0.2, 0) is 4.74 Å². The van der Waals surface area contributed by atoms with Crippen LogP contribution in [0.25, 0.3) is 0 Å². The molecule has 62 valence electrons. The Labute approximate surface area is 67.3 Å². The highest BCUT2D eigenvalue weighted by molar-refractivity contribution is 4.97. The van der Waals surface area contributed by atoms with Gasteiger partial charge in [-0.05, 0) is 31.2 Å². The molecule has 3 aliphatic heterocycles. The lowest BCUT2D eigenvalue weighted by Gasteiger charge is -2.44. The van der Waals surface area contributed by atoms with Gasteiger partial charge in [-0.1, -0.05) is 0 Å². The predicted octanol–water partition coefficient (Wildman–Crippen LogP) is 0.631. The zero-order chi connectivity index (χ0) is 7.26. The molecule has 2 bridgehead atoms. The molecule has 3 heterocycles. The van der Waals surface area contributed by atoms with Gasteiger partial charge in [0, 0.05) is 12.5 Å². The van der Waals surface area contributed by atoms with E-state index in [1.807, 2.05) is 0 Å². The van der Waals surface area contributed by atoms with Crippen LogP contribution in [0.1, 0.15) is 12.8 Å². The number of hydrogen-bond acceptors (Lipinski definition) is 2. The summed E-state index contributed by atoms with van der Waals surface area (Å²) in [4.78, 5) is 0. The van der Waals surface area contributed by atoms with Gasteiger partial charge in [0.2, 0.25) is 0 Å². The second-order valence-electron chi connectivity index (χ2n) is 4.20. The molecular weight excluding hydrogens is 138 g/mol. The van der Waals surface area contributed by atoms with Gasteiger partial charge in [-0.3, -0.25) is 0 Å². The number of hydrogen-bond donors (Lipinski definition) is 1. The van der Waals surface area contributed by atoms with Crippen molar-refractivity contribution in [3.05, 3.63) is 0 Å². The summed E-state index contributed by atoms with van der Waals surface area (Å²) in [7, 11) is 0. The molecular formula is C9H15NO. The largest absolute Gasteiger partial charge is 0.378 e. The van der Waals surface area contributed by atoms with Crippen LogP contribution < -0.4 is 5.32 Å². The van der Waals surface area contributed by atoms with Crippen molar-refractivity contribution in [3.63, 3.8) is 0 Å². The monoisotopic (exact) mass is 153 g/mol. The van der Waals surface area contributed by atoms with E-state index < -0.39 is 0 Å². The molecule has 11 heavy (non-hydrogen) atoms. The lowest BCUT2D eigenvalue weighted by Crippen LogP contribution is -2.46. The Bertz CT molecular complexity index is 145. The summed E-state index contributed by atoms with van der Waals surface area (Å²) >= 11 is 0. The van der Waals surface area contributed by atoms with Crippen LogP contribution >= 0.6 is 0 Å². The maximum Gasteiger partial charge on any atom is 0.0618 e. The lowest BCUT2D eigenvalue weighted by atomic mass is 9.70. The maximum atomic E-state index is 5.75. The Morgan fingerprint density at radius 2 is 2.00 bits per heavy atom. The third-order valence-electron chi connectivity index (χ3n) is 3.74. The molecule has 0 radical (unpaired) electrons. The standard InChI is InChI=1S/C9H15NO/c1-2-9-8-4-10-3-7(8)6(1)5-11-9/h6-10H,1-5H2. The summed E-state index contributed by atoms with van der Waals surface area (Å²) in [6.07, 6.45) is 3.36. The molecule has 1 saturated carbocycles. The Kier molecular flexibility index (Phi) is 1.29. The molecule has 0 aromatic rings. The fraction of sp³-hybridized carbons (Fsp3) is 1.00. The number of nitrogens with one attached hydrogen (secondary N) is 1. The van der Waals surface area contributed by atoms with Crippen molar-refractivity contribution in [1.82, 2.24) is 5.32 Å². The van der Waals surface area contributed by atoms with Gasteiger partial charge in [0.1, 0.15) is 0 Å². The number of rotatable bonds is 0. The normalized spacial score (nSPS) is 54.5. The van der Waals surface area contributed by atoms with Crippen molar-refractivity contribution in [2.75, 3.05) is 19.7 Å². The van der Waals surface area contributed by atoms with Crippen LogP contribution in [0, 0.1) is 17.8 Å². The summed E-state index contributed by atoms with van der Waals surface area (Å²) in [5.74, 6) is 2.71. The third-order valence-corrected chi connectivity index (χ3v) is 3.74. The molecule has 4 aliphatic rings. The molecule has 0 aromatic carbocycles. The topological polar surface area (TPSA) is 21.3 Å². The molecule has 4 rings (SSSR count). The summed E-state index contributed by atoms with van der Waals surface area (Å²) in [5, 5.41) is 3.49. The van der Waals surface area contributed by atoms with Crippen molar-refractivity contribution >= 4 is 0 Å². The zero-order valence-corrected chi connectivity index (χ0v) is 6.75. The van der Waals surface area contributed by atoms with E-state index in [4.69, 9.17) is 4.74 Å². The molecule has 4 fully saturated rings. The molecule has 4 unspecified atom stereocenters. The van der Waals surface area contributed by atoms with E-state index in [0.29, 0.717) is 6.10 Å². The van der Waals surface area contributed by atoms with Gasteiger partial charge in [0.25, 0.3) is 0 Å². The second kappa shape index (κ2) is 2.20. The van der Waals surface area contributed by atoms with E-state index in [0.717, 1.165) is 24.4 Å². The highest BCUT2D eigenvalue weighted by atomic mass is 16.5. The molecule has 0 amide bonds. The molecule has 1 aliphatic carbocycles. The lowest BCUT2D eigenvalue weighted by molar-refractivity contribution is -0.119. The Hall–Kier alpha value is -0.0800. The first-order valence-electron chi connectivity index (χ1n) is 4.77. The van der Waals surface area contributed by atoms with Crippen molar-refractivity contribution in [1.29, 1.82) is 0 Å². The SMILES string of the molecule is C1CC2OCC1C1CNCC21. The zero-order valence-electron chi connectivity index (χ0n) is 6.75. The first-order chi connectivity index (χ1) is 5.45. The van der Waals surface area contributed by atoms with E-state index in [1.165, 1.54) is 25.9 Å². The minimum Gasteiger partial charge on any atom is -0.378 e. The van der Waals surface area contributed by atoms with Gasteiger partial charge >= 0.3 is 0 Å². The predicted molar refractivity (Wildman–Crippen MR) is 42.3 cm³/mol. The quantitative estimate of drug-likeness (QED) is 0.551. The van der Waals surface area contributed by atoms with Crippen molar-refractivity contribution in [2.24, 2.45) is 17.8 Å². The highest BCUT2D eigenvalue weighted by Gasteiger charge is 2.46. The van der Waals surface area contributed by atoms with E-state index >= 15 is 0 Å². The Morgan fingerprint density at radius 3 is 2.73 bits per heavy atom. The van der Waals surface area contributed by atoms with Crippen molar-refractivity contribution < 1.29 is 4.74 Å².